The number of rotatable bonds is 2. The smallest absolute Gasteiger partial charge is 0.0000554 e. The van der Waals surface area contributed by atoms with Crippen molar-refractivity contribution >= 4 is 22.6 Å². The summed E-state index contributed by atoms with van der Waals surface area (Å²) in [6.45, 7) is 4.33. The molecule has 0 aliphatic rings. The largest absolute Gasteiger partial charge is 0.0864 e. The van der Waals surface area contributed by atoms with E-state index in [1.807, 2.05) is 0 Å². The second-order valence-corrected chi connectivity index (χ2v) is 2.72. The Morgan fingerprint density at radius 3 is 2.00 bits per heavy atom. The SMILES string of the molecule is C[C](C)CCI. The summed E-state index contributed by atoms with van der Waals surface area (Å²) in [5.74, 6) is 1.53. The van der Waals surface area contributed by atoms with E-state index in [4.69, 9.17) is 0 Å². The van der Waals surface area contributed by atoms with Crippen LogP contribution in [0.4, 0.5) is 0 Å². The van der Waals surface area contributed by atoms with Crippen molar-refractivity contribution in [3.63, 3.8) is 0 Å². The lowest BCUT2D eigenvalue weighted by Crippen LogP contribution is -1.81. The molecule has 0 heterocycles. The van der Waals surface area contributed by atoms with E-state index in [-0.39, 0.29) is 0 Å². The van der Waals surface area contributed by atoms with Gasteiger partial charge in [0.25, 0.3) is 0 Å². The minimum Gasteiger partial charge on any atom is -0.0864 e. The van der Waals surface area contributed by atoms with E-state index >= 15 is 0 Å². The Balaban J connectivity index is 2.63. The molecule has 0 aromatic carbocycles. The quantitative estimate of drug-likeness (QED) is 0.471. The molecule has 0 saturated heterocycles. The highest BCUT2D eigenvalue weighted by Crippen LogP contribution is 2.03. The maximum atomic E-state index is 2.38. The van der Waals surface area contributed by atoms with Crippen LogP contribution >= 0.6 is 22.6 Å². The van der Waals surface area contributed by atoms with Crippen LogP contribution < -0.4 is 0 Å². The molecule has 0 atom stereocenters. The second-order valence-electron chi connectivity index (χ2n) is 1.65. The van der Waals surface area contributed by atoms with Gasteiger partial charge < -0.3 is 0 Å². The number of hydrogen-bond acceptors (Lipinski definition) is 0. The summed E-state index contributed by atoms with van der Waals surface area (Å²) in [6.07, 6.45) is 1.28. The summed E-state index contributed by atoms with van der Waals surface area (Å²) in [4.78, 5) is 0. The Hall–Kier alpha value is 0.730. The fraction of sp³-hybridized carbons (Fsp3) is 0.800. The van der Waals surface area contributed by atoms with Gasteiger partial charge in [0.2, 0.25) is 0 Å². The van der Waals surface area contributed by atoms with Crippen LogP contribution in [0.15, 0.2) is 0 Å². The maximum Gasteiger partial charge on any atom is 0.0000554 e. The standard InChI is InChI=1S/C5H10I/c1-5(2)3-4-6/h3-4H2,1-2H3. The molecule has 0 aromatic rings. The maximum absolute atomic E-state index is 2.38. The zero-order valence-corrected chi connectivity index (χ0v) is 6.45. The third kappa shape index (κ3) is 4.73. The third-order valence-corrected chi connectivity index (χ3v) is 1.13. The van der Waals surface area contributed by atoms with Gasteiger partial charge in [-0.1, -0.05) is 36.4 Å². The molecule has 1 heteroatoms. The van der Waals surface area contributed by atoms with Gasteiger partial charge in [-0.2, -0.15) is 0 Å². The van der Waals surface area contributed by atoms with Crippen molar-refractivity contribution in [1.82, 2.24) is 0 Å². The summed E-state index contributed by atoms with van der Waals surface area (Å²) in [6, 6.07) is 0. The molecule has 0 nitrogen and oxygen atoms in total. The fourth-order valence-electron chi connectivity index (χ4n) is 0.189. The van der Waals surface area contributed by atoms with E-state index in [9.17, 15) is 0 Å². The van der Waals surface area contributed by atoms with Gasteiger partial charge in [0.1, 0.15) is 0 Å². The molecular formula is C5H10I. The summed E-state index contributed by atoms with van der Waals surface area (Å²) in [5, 5.41) is 0. The summed E-state index contributed by atoms with van der Waals surface area (Å²) >= 11 is 2.38. The Kier molecular flexibility index (Phi) is 4.38. The molecule has 0 fully saturated rings. The Morgan fingerprint density at radius 2 is 2.00 bits per heavy atom. The van der Waals surface area contributed by atoms with Crippen LogP contribution in [-0.2, 0) is 0 Å². The molecule has 0 bridgehead atoms. The van der Waals surface area contributed by atoms with Gasteiger partial charge in [0.15, 0.2) is 0 Å². The first-order valence-corrected chi connectivity index (χ1v) is 3.65. The van der Waals surface area contributed by atoms with Gasteiger partial charge in [-0.25, -0.2) is 0 Å². The van der Waals surface area contributed by atoms with Crippen LogP contribution in [0.3, 0.4) is 0 Å². The number of hydrogen-bond donors (Lipinski definition) is 0. The Morgan fingerprint density at radius 1 is 1.50 bits per heavy atom. The zero-order valence-electron chi connectivity index (χ0n) is 4.29. The Labute approximate surface area is 53.5 Å². The average molecular weight is 197 g/mol. The van der Waals surface area contributed by atoms with Gasteiger partial charge in [-0.05, 0) is 12.3 Å². The Bertz CT molecular complexity index is 25.1. The van der Waals surface area contributed by atoms with E-state index in [1.54, 1.807) is 0 Å². The molecule has 0 unspecified atom stereocenters. The van der Waals surface area contributed by atoms with E-state index in [2.05, 4.69) is 36.4 Å². The summed E-state index contributed by atoms with van der Waals surface area (Å²) in [7, 11) is 0. The predicted molar refractivity (Wildman–Crippen MR) is 38.1 cm³/mol. The van der Waals surface area contributed by atoms with E-state index < -0.39 is 0 Å². The zero-order chi connectivity index (χ0) is 4.99. The minimum atomic E-state index is 1.26. The molecule has 0 saturated carbocycles. The molecule has 37 valence electrons. The van der Waals surface area contributed by atoms with Gasteiger partial charge in [0.05, 0.1) is 0 Å². The fourth-order valence-corrected chi connectivity index (χ4v) is 1.27. The molecule has 0 N–H and O–H groups in total. The van der Waals surface area contributed by atoms with Crippen molar-refractivity contribution in [3.8, 4) is 0 Å². The molecule has 1 radical (unpaired) electrons. The van der Waals surface area contributed by atoms with Crippen LogP contribution in [0.25, 0.3) is 0 Å². The molecule has 0 rings (SSSR count). The molecule has 0 spiro atoms. The molecule has 0 aliphatic heterocycles. The number of alkyl halides is 1. The summed E-state index contributed by atoms with van der Waals surface area (Å²) in [5.41, 5.74) is 0. The van der Waals surface area contributed by atoms with E-state index in [0.29, 0.717) is 0 Å². The first-order valence-electron chi connectivity index (χ1n) is 2.12. The van der Waals surface area contributed by atoms with Crippen molar-refractivity contribution < 1.29 is 0 Å². The highest BCUT2D eigenvalue weighted by Gasteiger charge is 1.87. The molecule has 0 aliphatic carbocycles. The molecule has 6 heavy (non-hydrogen) atoms. The van der Waals surface area contributed by atoms with Crippen molar-refractivity contribution in [2.24, 2.45) is 0 Å². The van der Waals surface area contributed by atoms with Gasteiger partial charge in [-0.15, -0.1) is 0 Å². The first kappa shape index (κ1) is 6.73. The lowest BCUT2D eigenvalue weighted by atomic mass is 10.2. The lowest BCUT2D eigenvalue weighted by molar-refractivity contribution is 0.944. The van der Waals surface area contributed by atoms with Crippen LogP contribution in [0.1, 0.15) is 20.3 Å². The second kappa shape index (κ2) is 3.90. The van der Waals surface area contributed by atoms with Crippen LogP contribution in [0.5, 0.6) is 0 Å². The van der Waals surface area contributed by atoms with E-state index in [1.165, 1.54) is 16.8 Å². The van der Waals surface area contributed by atoms with Crippen molar-refractivity contribution in [2.75, 3.05) is 4.43 Å². The van der Waals surface area contributed by atoms with Gasteiger partial charge >= 0.3 is 0 Å². The molecular weight excluding hydrogens is 187 g/mol. The monoisotopic (exact) mass is 197 g/mol. The van der Waals surface area contributed by atoms with Crippen LogP contribution in [0, 0.1) is 5.92 Å². The topological polar surface area (TPSA) is 0 Å². The highest BCUT2D eigenvalue weighted by atomic mass is 127. The minimum absolute atomic E-state index is 1.26. The lowest BCUT2D eigenvalue weighted by Gasteiger charge is -1.94. The van der Waals surface area contributed by atoms with Gasteiger partial charge in [-0.3, -0.25) is 0 Å². The van der Waals surface area contributed by atoms with Crippen LogP contribution in [-0.4, -0.2) is 4.43 Å². The molecule has 0 amide bonds. The highest BCUT2D eigenvalue weighted by molar-refractivity contribution is 14.1. The van der Waals surface area contributed by atoms with Crippen molar-refractivity contribution in [3.05, 3.63) is 5.92 Å². The van der Waals surface area contributed by atoms with Gasteiger partial charge in [0, 0.05) is 4.43 Å². The average Bonchev–Trinajstić information content (AvgIpc) is 1.35. The van der Waals surface area contributed by atoms with E-state index in [0.717, 1.165) is 0 Å². The molecule has 0 aromatic heterocycles. The first-order chi connectivity index (χ1) is 2.77. The van der Waals surface area contributed by atoms with Crippen LogP contribution in [0.2, 0.25) is 0 Å². The number of halogens is 1. The third-order valence-electron chi connectivity index (χ3n) is 0.594. The van der Waals surface area contributed by atoms with Crippen molar-refractivity contribution in [1.29, 1.82) is 0 Å². The predicted octanol–water partition coefficient (Wildman–Crippen LogP) is 2.43. The summed E-state index contributed by atoms with van der Waals surface area (Å²) < 4.78 is 1.26. The van der Waals surface area contributed by atoms with Crippen molar-refractivity contribution in [2.45, 2.75) is 20.3 Å². The normalized spacial score (nSPS) is 10.0.